The highest BCUT2D eigenvalue weighted by molar-refractivity contribution is 14.1. The van der Waals surface area contributed by atoms with Crippen LogP contribution in [0.15, 0.2) is 28.1 Å². The van der Waals surface area contributed by atoms with Gasteiger partial charge in [-0.05, 0) is 74.7 Å². The molecule has 0 saturated heterocycles. The number of thiophene rings is 1. The predicted molar refractivity (Wildman–Crippen MR) is 82.0 cm³/mol. The van der Waals surface area contributed by atoms with E-state index in [9.17, 15) is 8.78 Å². The zero-order valence-corrected chi connectivity index (χ0v) is 13.9. The van der Waals surface area contributed by atoms with Crippen molar-refractivity contribution >= 4 is 49.9 Å². The summed E-state index contributed by atoms with van der Waals surface area (Å²) >= 11 is 6.76. The number of halogens is 4. The Bertz CT molecular complexity index is 573. The van der Waals surface area contributed by atoms with Crippen molar-refractivity contribution in [3.63, 3.8) is 0 Å². The highest BCUT2D eigenvalue weighted by Crippen LogP contribution is 2.31. The second-order valence-electron chi connectivity index (χ2n) is 3.69. The first-order valence-electron chi connectivity index (χ1n) is 5.08. The van der Waals surface area contributed by atoms with E-state index in [0.29, 0.717) is 5.56 Å². The van der Waals surface area contributed by atoms with E-state index < -0.39 is 11.6 Å². The van der Waals surface area contributed by atoms with Crippen molar-refractivity contribution in [2.24, 2.45) is 0 Å². The second-order valence-corrected chi connectivity index (χ2v) is 7.35. The minimum absolute atomic E-state index is 0.138. The first-order chi connectivity index (χ1) is 8.52. The molecule has 1 aromatic carbocycles. The largest absolute Gasteiger partial charge is 0.309 e. The normalized spacial score (nSPS) is 12.7. The third kappa shape index (κ3) is 2.92. The lowest BCUT2D eigenvalue weighted by molar-refractivity contribution is 0.555. The van der Waals surface area contributed by atoms with Gasteiger partial charge in [0.05, 0.1) is 13.4 Å². The van der Waals surface area contributed by atoms with Crippen molar-refractivity contribution in [3.8, 4) is 0 Å². The molecule has 0 fully saturated rings. The molecule has 0 saturated carbocycles. The summed E-state index contributed by atoms with van der Waals surface area (Å²) in [4.78, 5) is 0. The van der Waals surface area contributed by atoms with E-state index >= 15 is 0 Å². The molecule has 0 aliphatic carbocycles. The lowest BCUT2D eigenvalue weighted by Crippen LogP contribution is -2.18. The van der Waals surface area contributed by atoms with Crippen LogP contribution in [0.5, 0.6) is 0 Å². The van der Waals surface area contributed by atoms with Gasteiger partial charge in [0.15, 0.2) is 0 Å². The Morgan fingerprint density at radius 1 is 1.28 bits per heavy atom. The van der Waals surface area contributed by atoms with E-state index in [0.717, 1.165) is 14.5 Å². The van der Waals surface area contributed by atoms with Gasteiger partial charge in [-0.25, -0.2) is 8.78 Å². The Balaban J connectivity index is 2.48. The van der Waals surface area contributed by atoms with Crippen LogP contribution in [0.1, 0.15) is 17.2 Å². The third-order valence-electron chi connectivity index (χ3n) is 2.56. The summed E-state index contributed by atoms with van der Waals surface area (Å²) in [5.41, 5.74) is 1.25. The Morgan fingerprint density at radius 2 is 2.00 bits per heavy atom. The van der Waals surface area contributed by atoms with Gasteiger partial charge in [0.2, 0.25) is 0 Å². The van der Waals surface area contributed by atoms with Crippen LogP contribution in [-0.2, 0) is 0 Å². The Hall–Kier alpha value is -0.0500. The molecule has 2 rings (SSSR count). The third-order valence-corrected chi connectivity index (χ3v) is 4.98. The number of hydrogen-bond donors (Lipinski definition) is 1. The number of benzene rings is 1. The fraction of sp³-hybridized carbons (Fsp3) is 0.167. The molecular formula is C12H9BrF2INS. The Kier molecular flexibility index (Phi) is 4.74. The molecule has 0 aliphatic rings. The quantitative estimate of drug-likeness (QED) is 0.535. The van der Waals surface area contributed by atoms with Crippen LogP contribution in [0.2, 0.25) is 0 Å². The van der Waals surface area contributed by atoms with Crippen LogP contribution in [0, 0.1) is 14.5 Å². The van der Waals surface area contributed by atoms with Gasteiger partial charge in [-0.2, -0.15) is 0 Å². The summed E-state index contributed by atoms with van der Waals surface area (Å²) in [5.74, 6) is -0.889. The molecule has 1 heterocycles. The lowest BCUT2D eigenvalue weighted by atomic mass is 10.0. The van der Waals surface area contributed by atoms with Gasteiger partial charge in [0, 0.05) is 5.56 Å². The topological polar surface area (TPSA) is 12.0 Å². The van der Waals surface area contributed by atoms with Gasteiger partial charge in [-0.15, -0.1) is 11.3 Å². The molecular weight excluding hydrogens is 435 g/mol. The monoisotopic (exact) mass is 443 g/mol. The van der Waals surface area contributed by atoms with Gasteiger partial charge in [-0.3, -0.25) is 0 Å². The van der Waals surface area contributed by atoms with Gasteiger partial charge in [-0.1, -0.05) is 0 Å². The van der Waals surface area contributed by atoms with Gasteiger partial charge < -0.3 is 5.32 Å². The highest BCUT2D eigenvalue weighted by atomic mass is 127. The van der Waals surface area contributed by atoms with E-state index in [4.69, 9.17) is 0 Å². The highest BCUT2D eigenvalue weighted by Gasteiger charge is 2.19. The molecule has 0 bridgehead atoms. The van der Waals surface area contributed by atoms with Gasteiger partial charge in [0.1, 0.15) is 11.6 Å². The minimum atomic E-state index is -0.462. The average molecular weight is 444 g/mol. The molecule has 1 nitrogen and oxygen atoms in total. The maximum Gasteiger partial charge on any atom is 0.137 e. The van der Waals surface area contributed by atoms with Crippen molar-refractivity contribution in [2.75, 3.05) is 7.05 Å². The van der Waals surface area contributed by atoms with Crippen molar-refractivity contribution in [3.05, 3.63) is 53.7 Å². The first-order valence-corrected chi connectivity index (χ1v) is 7.83. The van der Waals surface area contributed by atoms with Crippen molar-refractivity contribution in [1.82, 2.24) is 5.32 Å². The maximum absolute atomic E-state index is 13.9. The second kappa shape index (κ2) is 5.94. The number of rotatable bonds is 3. The summed E-state index contributed by atoms with van der Waals surface area (Å²) in [7, 11) is 1.73. The van der Waals surface area contributed by atoms with Crippen LogP contribution >= 0.6 is 49.9 Å². The Morgan fingerprint density at radius 3 is 2.56 bits per heavy atom. The molecule has 18 heavy (non-hydrogen) atoms. The molecule has 1 atom stereocenters. The maximum atomic E-state index is 13.9. The summed E-state index contributed by atoms with van der Waals surface area (Å²) in [6, 6.07) is 4.01. The number of hydrogen-bond acceptors (Lipinski definition) is 2. The molecule has 0 aliphatic heterocycles. The molecule has 1 unspecified atom stereocenters. The van der Waals surface area contributed by atoms with E-state index in [-0.39, 0.29) is 10.5 Å². The average Bonchev–Trinajstić information content (AvgIpc) is 2.73. The molecule has 0 radical (unpaired) electrons. The van der Waals surface area contributed by atoms with Crippen molar-refractivity contribution < 1.29 is 8.78 Å². The van der Waals surface area contributed by atoms with Crippen LogP contribution in [0.3, 0.4) is 0 Å². The number of nitrogens with one attached hydrogen (secondary N) is 1. The van der Waals surface area contributed by atoms with E-state index in [1.54, 1.807) is 18.4 Å². The smallest absolute Gasteiger partial charge is 0.137 e. The lowest BCUT2D eigenvalue weighted by Gasteiger charge is -2.16. The van der Waals surface area contributed by atoms with Crippen LogP contribution in [0.4, 0.5) is 8.78 Å². The molecule has 1 N–H and O–H groups in total. The molecule has 0 spiro atoms. The van der Waals surface area contributed by atoms with E-state index in [2.05, 4.69) is 43.8 Å². The molecule has 2 aromatic rings. The zero-order chi connectivity index (χ0) is 13.3. The fourth-order valence-corrected chi connectivity index (χ4v) is 3.45. The molecule has 1 aromatic heterocycles. The SMILES string of the molecule is CNC(c1csc(I)c1)c1cc(F)c(Br)cc1F. The fourth-order valence-electron chi connectivity index (χ4n) is 1.74. The van der Waals surface area contributed by atoms with Gasteiger partial charge in [0.25, 0.3) is 0 Å². The van der Waals surface area contributed by atoms with Crippen LogP contribution < -0.4 is 5.32 Å². The predicted octanol–water partition coefficient (Wildman–Crippen LogP) is 4.70. The van der Waals surface area contributed by atoms with Crippen LogP contribution in [-0.4, -0.2) is 7.05 Å². The van der Waals surface area contributed by atoms with E-state index in [1.165, 1.54) is 6.07 Å². The zero-order valence-electron chi connectivity index (χ0n) is 9.31. The summed E-state index contributed by atoms with van der Waals surface area (Å²) in [6.07, 6.45) is 0. The molecule has 6 heteroatoms. The first kappa shape index (κ1) is 14.4. The standard InChI is InChI=1S/C12H9BrF2INS/c1-17-12(6-2-11(16)18-5-6)7-3-10(15)8(13)4-9(7)14/h2-5,12,17H,1H3. The Labute approximate surface area is 130 Å². The minimum Gasteiger partial charge on any atom is -0.309 e. The van der Waals surface area contributed by atoms with Gasteiger partial charge >= 0.3 is 0 Å². The van der Waals surface area contributed by atoms with Crippen molar-refractivity contribution in [1.29, 1.82) is 0 Å². The van der Waals surface area contributed by atoms with Crippen LogP contribution in [0.25, 0.3) is 0 Å². The molecule has 0 amide bonds. The molecule has 96 valence electrons. The van der Waals surface area contributed by atoms with E-state index in [1.807, 2.05) is 11.4 Å². The summed E-state index contributed by atoms with van der Waals surface area (Å²) in [6.45, 7) is 0. The summed E-state index contributed by atoms with van der Waals surface area (Å²) in [5, 5.41) is 4.96. The summed E-state index contributed by atoms with van der Waals surface area (Å²) < 4.78 is 28.7. The van der Waals surface area contributed by atoms with Crippen molar-refractivity contribution in [2.45, 2.75) is 6.04 Å².